The molecule has 9 heteroatoms. The van der Waals surface area contributed by atoms with Crippen molar-refractivity contribution in [3.8, 4) is 5.88 Å². The van der Waals surface area contributed by atoms with Gasteiger partial charge in [-0.2, -0.15) is 5.10 Å². The van der Waals surface area contributed by atoms with E-state index < -0.39 is 0 Å². The Morgan fingerprint density at radius 3 is 2.76 bits per heavy atom. The average Bonchev–Trinajstić information content (AvgIpc) is 3.18. The fourth-order valence-corrected chi connectivity index (χ4v) is 4.18. The summed E-state index contributed by atoms with van der Waals surface area (Å²) in [6, 6.07) is 4.65. The summed E-state index contributed by atoms with van der Waals surface area (Å²) in [5.41, 5.74) is 1.42. The molecular formula is C20H27ClN6O2. The summed E-state index contributed by atoms with van der Waals surface area (Å²) in [6.07, 6.45) is 4.22. The van der Waals surface area contributed by atoms with Crippen LogP contribution in [0.3, 0.4) is 0 Å². The van der Waals surface area contributed by atoms with E-state index in [1.165, 1.54) is 0 Å². The number of rotatable bonds is 5. The van der Waals surface area contributed by atoms with E-state index in [1.54, 1.807) is 6.20 Å². The van der Waals surface area contributed by atoms with Crippen molar-refractivity contribution in [1.82, 2.24) is 20.1 Å². The van der Waals surface area contributed by atoms with Crippen LogP contribution in [-0.2, 0) is 0 Å². The van der Waals surface area contributed by atoms with E-state index in [2.05, 4.69) is 38.8 Å². The summed E-state index contributed by atoms with van der Waals surface area (Å²) in [6.45, 7) is 10.0. The van der Waals surface area contributed by atoms with Gasteiger partial charge in [-0.3, -0.25) is 9.69 Å². The van der Waals surface area contributed by atoms with E-state index in [-0.39, 0.29) is 16.7 Å². The summed E-state index contributed by atoms with van der Waals surface area (Å²) in [7, 11) is 0. The molecule has 0 unspecified atom stereocenters. The smallest absolute Gasteiger partial charge is 0.285 e. The van der Waals surface area contributed by atoms with Gasteiger partial charge >= 0.3 is 0 Å². The number of aromatic amines is 1. The minimum atomic E-state index is -0.375. The molecule has 2 aliphatic rings. The van der Waals surface area contributed by atoms with E-state index >= 15 is 0 Å². The van der Waals surface area contributed by atoms with Crippen molar-refractivity contribution in [3.05, 3.63) is 39.9 Å². The zero-order valence-corrected chi connectivity index (χ0v) is 17.6. The van der Waals surface area contributed by atoms with Crippen molar-refractivity contribution >= 4 is 23.0 Å². The molecule has 0 saturated carbocycles. The number of pyridine rings is 1. The number of aromatic nitrogens is 3. The van der Waals surface area contributed by atoms with Crippen LogP contribution in [-0.4, -0.2) is 71.5 Å². The van der Waals surface area contributed by atoms with Gasteiger partial charge in [-0.1, -0.05) is 11.6 Å². The van der Waals surface area contributed by atoms with E-state index in [0.29, 0.717) is 24.2 Å². The Labute approximate surface area is 175 Å². The summed E-state index contributed by atoms with van der Waals surface area (Å²) in [4.78, 5) is 23.0. The zero-order valence-electron chi connectivity index (χ0n) is 16.8. The van der Waals surface area contributed by atoms with Crippen molar-refractivity contribution in [2.45, 2.75) is 32.4 Å². The molecule has 0 spiro atoms. The van der Waals surface area contributed by atoms with Gasteiger partial charge in [0.25, 0.3) is 5.56 Å². The summed E-state index contributed by atoms with van der Waals surface area (Å²) in [5.74, 6) is 0.635. The van der Waals surface area contributed by atoms with Gasteiger partial charge in [0.2, 0.25) is 5.88 Å². The summed E-state index contributed by atoms with van der Waals surface area (Å²) >= 11 is 6.13. The number of H-pyrrole nitrogens is 1. The highest BCUT2D eigenvalue weighted by molar-refractivity contribution is 6.33. The zero-order chi connectivity index (χ0) is 20.4. The molecule has 1 atom stereocenters. The molecule has 0 amide bonds. The molecule has 2 saturated heterocycles. The Morgan fingerprint density at radius 1 is 1.21 bits per heavy atom. The standard InChI is InChI=1S/C20H27ClN6O2/c1-14(2)25-7-9-26(10-8-25)15-3-5-22-18(11-15)29-16-4-6-27(13-16)17-12-23-24-20(28)19(17)21/h3,5,11-12,14,16H,4,6-10,13H2,1-2H3,(H,24,28)/t16-/m1/s1. The number of ether oxygens (including phenoxy) is 1. The van der Waals surface area contributed by atoms with Crippen molar-refractivity contribution in [1.29, 1.82) is 0 Å². The van der Waals surface area contributed by atoms with Gasteiger partial charge in [0, 0.05) is 63.1 Å². The maximum Gasteiger partial charge on any atom is 0.285 e. The maximum absolute atomic E-state index is 11.7. The second-order valence-corrected chi connectivity index (χ2v) is 8.22. The molecule has 0 aromatic carbocycles. The fourth-order valence-electron chi connectivity index (χ4n) is 3.97. The molecule has 2 aliphatic heterocycles. The number of nitrogens with one attached hydrogen (secondary N) is 1. The van der Waals surface area contributed by atoms with Crippen LogP contribution in [0.25, 0.3) is 0 Å². The molecule has 0 bridgehead atoms. The lowest BCUT2D eigenvalue weighted by molar-refractivity contribution is 0.208. The Balaban J connectivity index is 1.38. The second kappa shape index (κ2) is 8.59. The monoisotopic (exact) mass is 418 g/mol. The Morgan fingerprint density at radius 2 is 2.00 bits per heavy atom. The SMILES string of the molecule is CC(C)N1CCN(c2ccnc(O[C@@H]3CCN(c4cn[nH]c(=O)c4Cl)C3)c2)CC1. The summed E-state index contributed by atoms with van der Waals surface area (Å²) < 4.78 is 6.15. The van der Waals surface area contributed by atoms with Gasteiger partial charge in [0.1, 0.15) is 11.1 Å². The quantitative estimate of drug-likeness (QED) is 0.795. The van der Waals surface area contributed by atoms with Crippen LogP contribution in [0.2, 0.25) is 5.02 Å². The van der Waals surface area contributed by atoms with Gasteiger partial charge in [0.15, 0.2) is 0 Å². The number of anilines is 2. The molecule has 2 aromatic rings. The van der Waals surface area contributed by atoms with Crippen molar-refractivity contribution in [3.63, 3.8) is 0 Å². The first-order chi connectivity index (χ1) is 14.0. The minimum Gasteiger partial charge on any atom is -0.472 e. The van der Waals surface area contributed by atoms with Crippen LogP contribution < -0.4 is 20.1 Å². The number of halogens is 1. The predicted molar refractivity (Wildman–Crippen MR) is 114 cm³/mol. The Bertz CT molecular complexity index is 897. The number of nitrogens with zero attached hydrogens (tertiary/aromatic N) is 5. The third-order valence-corrected chi connectivity index (χ3v) is 6.04. The van der Waals surface area contributed by atoms with Crippen molar-refractivity contribution in [2.24, 2.45) is 0 Å². The minimum absolute atomic E-state index is 0.00843. The van der Waals surface area contributed by atoms with Crippen LogP contribution in [0.15, 0.2) is 29.3 Å². The third-order valence-electron chi connectivity index (χ3n) is 5.68. The third kappa shape index (κ3) is 4.48. The van der Waals surface area contributed by atoms with E-state index in [9.17, 15) is 4.79 Å². The highest BCUT2D eigenvalue weighted by Gasteiger charge is 2.27. The lowest BCUT2D eigenvalue weighted by Crippen LogP contribution is -2.48. The molecule has 156 valence electrons. The average molecular weight is 419 g/mol. The van der Waals surface area contributed by atoms with Crippen LogP contribution in [0.4, 0.5) is 11.4 Å². The normalized spacial score (nSPS) is 20.5. The molecule has 2 aromatic heterocycles. The Hall–Kier alpha value is -2.32. The number of piperazine rings is 1. The van der Waals surface area contributed by atoms with Crippen LogP contribution in [0.5, 0.6) is 5.88 Å². The molecule has 4 rings (SSSR count). The highest BCUT2D eigenvalue weighted by Crippen LogP contribution is 2.27. The molecule has 29 heavy (non-hydrogen) atoms. The number of hydrogen-bond acceptors (Lipinski definition) is 7. The van der Waals surface area contributed by atoms with Crippen LogP contribution in [0, 0.1) is 0 Å². The molecule has 4 heterocycles. The molecule has 0 aliphatic carbocycles. The maximum atomic E-state index is 11.7. The molecule has 2 fully saturated rings. The topological polar surface area (TPSA) is 77.6 Å². The molecule has 0 radical (unpaired) electrons. The summed E-state index contributed by atoms with van der Waals surface area (Å²) in [5, 5.41) is 6.37. The van der Waals surface area contributed by atoms with Gasteiger partial charge < -0.3 is 14.5 Å². The lowest BCUT2D eigenvalue weighted by atomic mass is 10.2. The van der Waals surface area contributed by atoms with Gasteiger partial charge in [0.05, 0.1) is 18.4 Å². The first-order valence-corrected chi connectivity index (χ1v) is 10.5. The van der Waals surface area contributed by atoms with Crippen molar-refractivity contribution < 1.29 is 4.74 Å². The van der Waals surface area contributed by atoms with E-state index in [0.717, 1.165) is 44.8 Å². The van der Waals surface area contributed by atoms with Crippen LogP contribution in [0.1, 0.15) is 20.3 Å². The van der Waals surface area contributed by atoms with E-state index in [4.69, 9.17) is 16.3 Å². The van der Waals surface area contributed by atoms with Gasteiger partial charge in [-0.15, -0.1) is 0 Å². The molecule has 8 nitrogen and oxygen atoms in total. The van der Waals surface area contributed by atoms with E-state index in [1.807, 2.05) is 23.2 Å². The fraction of sp³-hybridized carbons (Fsp3) is 0.550. The van der Waals surface area contributed by atoms with Crippen LogP contribution >= 0.6 is 11.6 Å². The largest absolute Gasteiger partial charge is 0.472 e. The first-order valence-electron chi connectivity index (χ1n) is 10.1. The predicted octanol–water partition coefficient (Wildman–Crippen LogP) is 2.01. The lowest BCUT2D eigenvalue weighted by Gasteiger charge is -2.38. The van der Waals surface area contributed by atoms with Gasteiger partial charge in [-0.25, -0.2) is 10.1 Å². The van der Waals surface area contributed by atoms with Gasteiger partial charge in [-0.05, 0) is 19.9 Å². The molecular weight excluding hydrogens is 392 g/mol. The number of hydrogen-bond donors (Lipinski definition) is 1. The Kier molecular flexibility index (Phi) is 5.91. The first kappa shape index (κ1) is 20.0. The van der Waals surface area contributed by atoms with Crippen molar-refractivity contribution in [2.75, 3.05) is 49.1 Å². The second-order valence-electron chi connectivity index (χ2n) is 7.84. The highest BCUT2D eigenvalue weighted by atomic mass is 35.5. The molecule has 1 N–H and O–H groups in total.